The average Bonchev–Trinajstić information content (AvgIpc) is 2.65. The molecule has 3 aromatic carbocycles. The van der Waals surface area contributed by atoms with Crippen molar-refractivity contribution < 1.29 is 4.74 Å². The predicted molar refractivity (Wildman–Crippen MR) is 102 cm³/mol. The molecule has 2 heteroatoms. The van der Waals surface area contributed by atoms with Gasteiger partial charge >= 0.3 is 0 Å². The Morgan fingerprint density at radius 1 is 0.792 bits per heavy atom. The average molecular weight is 319 g/mol. The van der Waals surface area contributed by atoms with Crippen molar-refractivity contribution in [2.24, 2.45) is 5.73 Å². The van der Waals surface area contributed by atoms with Gasteiger partial charge in [0, 0.05) is 0 Å². The van der Waals surface area contributed by atoms with E-state index in [1.165, 1.54) is 16.3 Å². The van der Waals surface area contributed by atoms with Crippen molar-refractivity contribution in [1.29, 1.82) is 0 Å². The molecule has 0 bridgehead atoms. The minimum absolute atomic E-state index is 0.410. The smallest absolute Gasteiger partial charge is 0.119 e. The van der Waals surface area contributed by atoms with E-state index in [1.807, 2.05) is 30.3 Å². The van der Waals surface area contributed by atoms with Crippen LogP contribution in [0.4, 0.5) is 0 Å². The van der Waals surface area contributed by atoms with Gasteiger partial charge in [0.05, 0.1) is 6.61 Å². The number of para-hydroxylation sites is 1. The second kappa shape index (κ2) is 8.51. The van der Waals surface area contributed by atoms with E-state index in [2.05, 4.69) is 42.5 Å². The third-order valence-corrected chi connectivity index (χ3v) is 4.51. The lowest BCUT2D eigenvalue weighted by Gasteiger charge is -2.17. The molecule has 124 valence electrons. The monoisotopic (exact) mass is 319 g/mol. The zero-order chi connectivity index (χ0) is 16.6. The van der Waals surface area contributed by atoms with Gasteiger partial charge in [0.1, 0.15) is 5.75 Å². The van der Waals surface area contributed by atoms with E-state index < -0.39 is 0 Å². The zero-order valence-electron chi connectivity index (χ0n) is 14.0. The van der Waals surface area contributed by atoms with Crippen molar-refractivity contribution >= 4 is 10.8 Å². The van der Waals surface area contributed by atoms with E-state index in [0.29, 0.717) is 12.5 Å². The lowest BCUT2D eigenvalue weighted by molar-refractivity contribution is 0.303. The predicted octanol–water partition coefficient (Wildman–Crippen LogP) is 5.13. The van der Waals surface area contributed by atoms with Crippen LogP contribution in [0.5, 0.6) is 5.75 Å². The van der Waals surface area contributed by atoms with Gasteiger partial charge in [0.25, 0.3) is 0 Å². The number of fused-ring (bicyclic) bond motifs is 1. The van der Waals surface area contributed by atoms with Crippen molar-refractivity contribution in [3.05, 3.63) is 78.4 Å². The quantitative estimate of drug-likeness (QED) is 0.584. The summed E-state index contributed by atoms with van der Waals surface area (Å²) in [6.07, 6.45) is 3.27. The molecule has 0 fully saturated rings. The van der Waals surface area contributed by atoms with Crippen LogP contribution in [-0.2, 0) is 0 Å². The van der Waals surface area contributed by atoms with Crippen LogP contribution in [0.15, 0.2) is 72.8 Å². The van der Waals surface area contributed by atoms with Gasteiger partial charge < -0.3 is 10.5 Å². The fraction of sp³-hybridized carbons (Fsp3) is 0.273. The van der Waals surface area contributed by atoms with Gasteiger partial charge in [0.2, 0.25) is 0 Å². The molecule has 0 aromatic heterocycles. The van der Waals surface area contributed by atoms with Crippen LogP contribution < -0.4 is 10.5 Å². The molecular formula is C22H25NO. The molecule has 24 heavy (non-hydrogen) atoms. The van der Waals surface area contributed by atoms with Crippen molar-refractivity contribution in [3.63, 3.8) is 0 Å². The standard InChI is InChI=1S/C22H25NO/c23-17-19(10-6-7-16-24-20-12-2-1-3-13-20)22-15-8-11-18-9-4-5-14-21(18)22/h1-5,8-9,11-15,19H,6-7,10,16-17,23H2. The summed E-state index contributed by atoms with van der Waals surface area (Å²) in [7, 11) is 0. The second-order valence-electron chi connectivity index (χ2n) is 6.16. The highest BCUT2D eigenvalue weighted by molar-refractivity contribution is 5.86. The summed E-state index contributed by atoms with van der Waals surface area (Å²) in [5.74, 6) is 1.36. The molecule has 0 saturated heterocycles. The molecule has 2 nitrogen and oxygen atoms in total. The summed E-state index contributed by atoms with van der Waals surface area (Å²) < 4.78 is 5.77. The Bertz CT molecular complexity index is 749. The summed E-state index contributed by atoms with van der Waals surface area (Å²) in [6, 6.07) is 25.1. The summed E-state index contributed by atoms with van der Waals surface area (Å²) >= 11 is 0. The van der Waals surface area contributed by atoms with Crippen molar-refractivity contribution in [1.82, 2.24) is 0 Å². The van der Waals surface area contributed by atoms with Gasteiger partial charge in [-0.25, -0.2) is 0 Å². The van der Waals surface area contributed by atoms with Crippen LogP contribution in [0.2, 0.25) is 0 Å². The molecule has 3 rings (SSSR count). The van der Waals surface area contributed by atoms with Gasteiger partial charge in [0.15, 0.2) is 0 Å². The maximum atomic E-state index is 6.07. The van der Waals surface area contributed by atoms with Gasteiger partial charge in [-0.15, -0.1) is 0 Å². The zero-order valence-corrected chi connectivity index (χ0v) is 14.0. The molecule has 2 N–H and O–H groups in total. The SMILES string of the molecule is NCC(CCCCOc1ccccc1)c1cccc2ccccc12. The second-order valence-corrected chi connectivity index (χ2v) is 6.16. The van der Waals surface area contributed by atoms with E-state index >= 15 is 0 Å². The van der Waals surface area contributed by atoms with Gasteiger partial charge in [-0.05, 0) is 60.2 Å². The number of ether oxygens (including phenoxy) is 1. The number of hydrogen-bond donors (Lipinski definition) is 1. The molecule has 0 saturated carbocycles. The van der Waals surface area contributed by atoms with E-state index in [-0.39, 0.29) is 0 Å². The number of rotatable bonds is 8. The maximum absolute atomic E-state index is 6.07. The Balaban J connectivity index is 1.55. The Morgan fingerprint density at radius 3 is 2.38 bits per heavy atom. The van der Waals surface area contributed by atoms with Crippen molar-refractivity contribution in [3.8, 4) is 5.75 Å². The van der Waals surface area contributed by atoms with Gasteiger partial charge in [-0.3, -0.25) is 0 Å². The number of nitrogens with two attached hydrogens (primary N) is 1. The van der Waals surface area contributed by atoms with Crippen LogP contribution in [0.1, 0.15) is 30.7 Å². The Hall–Kier alpha value is -2.32. The summed E-state index contributed by atoms with van der Waals surface area (Å²) in [4.78, 5) is 0. The highest BCUT2D eigenvalue weighted by Gasteiger charge is 2.12. The normalized spacial score (nSPS) is 12.2. The maximum Gasteiger partial charge on any atom is 0.119 e. The van der Waals surface area contributed by atoms with Crippen LogP contribution in [0.3, 0.4) is 0 Å². The largest absolute Gasteiger partial charge is 0.494 e. The van der Waals surface area contributed by atoms with E-state index in [1.54, 1.807) is 0 Å². The first-order valence-electron chi connectivity index (χ1n) is 8.74. The molecule has 0 aliphatic heterocycles. The topological polar surface area (TPSA) is 35.2 Å². The summed E-state index contributed by atoms with van der Waals surface area (Å²) in [5, 5.41) is 2.62. The lowest BCUT2D eigenvalue weighted by Crippen LogP contribution is -2.13. The minimum Gasteiger partial charge on any atom is -0.494 e. The molecule has 0 radical (unpaired) electrons. The summed E-state index contributed by atoms with van der Waals surface area (Å²) in [6.45, 7) is 1.45. The molecule has 1 atom stereocenters. The molecule has 0 spiro atoms. The Kier molecular flexibility index (Phi) is 5.86. The first kappa shape index (κ1) is 16.5. The molecule has 0 aliphatic rings. The summed E-state index contributed by atoms with van der Waals surface area (Å²) in [5.41, 5.74) is 7.44. The Morgan fingerprint density at radius 2 is 1.54 bits per heavy atom. The van der Waals surface area contributed by atoms with Crippen LogP contribution >= 0.6 is 0 Å². The lowest BCUT2D eigenvalue weighted by atomic mass is 9.89. The fourth-order valence-electron chi connectivity index (χ4n) is 3.21. The number of hydrogen-bond acceptors (Lipinski definition) is 2. The number of unbranched alkanes of at least 4 members (excludes halogenated alkanes) is 1. The van der Waals surface area contributed by atoms with Gasteiger partial charge in [-0.1, -0.05) is 60.7 Å². The Labute approximate surface area is 144 Å². The van der Waals surface area contributed by atoms with Crippen LogP contribution in [-0.4, -0.2) is 13.2 Å². The van der Waals surface area contributed by atoms with Crippen molar-refractivity contribution in [2.45, 2.75) is 25.2 Å². The number of benzene rings is 3. The molecule has 3 aromatic rings. The van der Waals surface area contributed by atoms with E-state index in [9.17, 15) is 0 Å². The third-order valence-electron chi connectivity index (χ3n) is 4.51. The molecule has 1 unspecified atom stereocenters. The molecule has 0 aliphatic carbocycles. The first-order chi connectivity index (χ1) is 11.9. The van der Waals surface area contributed by atoms with Gasteiger partial charge in [-0.2, -0.15) is 0 Å². The first-order valence-corrected chi connectivity index (χ1v) is 8.74. The third kappa shape index (κ3) is 4.15. The van der Waals surface area contributed by atoms with Crippen molar-refractivity contribution in [2.75, 3.05) is 13.2 Å². The molecule has 0 heterocycles. The minimum atomic E-state index is 0.410. The van der Waals surface area contributed by atoms with E-state index in [4.69, 9.17) is 10.5 Å². The highest BCUT2D eigenvalue weighted by Crippen LogP contribution is 2.28. The fourth-order valence-corrected chi connectivity index (χ4v) is 3.21. The van der Waals surface area contributed by atoms with Crippen LogP contribution in [0.25, 0.3) is 10.8 Å². The molecule has 0 amide bonds. The van der Waals surface area contributed by atoms with Crippen LogP contribution in [0, 0.1) is 0 Å². The van der Waals surface area contributed by atoms with E-state index in [0.717, 1.165) is 31.6 Å². The molecular weight excluding hydrogens is 294 g/mol. The highest BCUT2D eigenvalue weighted by atomic mass is 16.5.